The van der Waals surface area contributed by atoms with Crippen LogP contribution in [0.2, 0.25) is 0 Å². The molecule has 14 nitrogen and oxygen atoms in total. The Morgan fingerprint density at radius 3 is 2.17 bits per heavy atom. The van der Waals surface area contributed by atoms with Gasteiger partial charge >= 0.3 is 12.0 Å². The first-order valence-corrected chi connectivity index (χ1v) is 12.7. The lowest BCUT2D eigenvalue weighted by molar-refractivity contribution is -0.114. The summed E-state index contributed by atoms with van der Waals surface area (Å²) >= 11 is 0. The SMILES string of the molecule is CCOC(=O)c1nc(-c2cnc(NC(=O)Nc3ccc(NC(C)=O)cc3)nc2)nc(N2CCOCC2)c1OCC. The Balaban J connectivity index is 1.54. The Labute approximate surface area is 230 Å². The molecule has 2 aromatic heterocycles. The van der Waals surface area contributed by atoms with Gasteiger partial charge in [-0.25, -0.2) is 29.5 Å². The first kappa shape index (κ1) is 28.2. The number of amides is 3. The largest absolute Gasteiger partial charge is 0.488 e. The van der Waals surface area contributed by atoms with Crippen LogP contribution in [0.25, 0.3) is 11.4 Å². The second kappa shape index (κ2) is 13.3. The summed E-state index contributed by atoms with van der Waals surface area (Å²) < 4.78 is 16.5. The maximum absolute atomic E-state index is 12.8. The number of rotatable bonds is 9. The molecule has 210 valence electrons. The average Bonchev–Trinajstić information content (AvgIpc) is 2.95. The van der Waals surface area contributed by atoms with E-state index in [0.717, 1.165) is 0 Å². The van der Waals surface area contributed by atoms with Gasteiger partial charge in [-0.2, -0.15) is 0 Å². The number of urea groups is 1. The summed E-state index contributed by atoms with van der Waals surface area (Å²) in [5, 5.41) is 7.87. The number of esters is 1. The van der Waals surface area contributed by atoms with E-state index in [4.69, 9.17) is 14.2 Å². The third-order valence-electron chi connectivity index (χ3n) is 5.51. The van der Waals surface area contributed by atoms with Crippen molar-refractivity contribution in [2.24, 2.45) is 0 Å². The summed E-state index contributed by atoms with van der Waals surface area (Å²) in [5.74, 6) is 0.107. The fraction of sp³-hybridized carbons (Fsp3) is 0.346. The fourth-order valence-corrected chi connectivity index (χ4v) is 3.78. The predicted molar refractivity (Wildman–Crippen MR) is 147 cm³/mol. The van der Waals surface area contributed by atoms with Crippen LogP contribution in [-0.4, -0.2) is 77.4 Å². The van der Waals surface area contributed by atoms with Gasteiger partial charge in [-0.3, -0.25) is 10.1 Å². The molecule has 14 heteroatoms. The topological polar surface area (TPSA) is 170 Å². The van der Waals surface area contributed by atoms with E-state index in [9.17, 15) is 14.4 Å². The van der Waals surface area contributed by atoms with Gasteiger partial charge in [-0.15, -0.1) is 0 Å². The van der Waals surface area contributed by atoms with Crippen molar-refractivity contribution in [2.45, 2.75) is 20.8 Å². The molecule has 3 N–H and O–H groups in total. The Morgan fingerprint density at radius 2 is 1.57 bits per heavy atom. The minimum absolute atomic E-state index is 0.00120. The van der Waals surface area contributed by atoms with Gasteiger partial charge in [-0.1, -0.05) is 0 Å². The highest BCUT2D eigenvalue weighted by atomic mass is 16.5. The van der Waals surface area contributed by atoms with E-state index in [0.29, 0.717) is 55.7 Å². The van der Waals surface area contributed by atoms with Crippen LogP contribution in [0.3, 0.4) is 0 Å². The number of aromatic nitrogens is 4. The molecule has 1 aliphatic rings. The highest BCUT2D eigenvalue weighted by Crippen LogP contribution is 2.33. The molecule has 1 fully saturated rings. The van der Waals surface area contributed by atoms with E-state index < -0.39 is 12.0 Å². The van der Waals surface area contributed by atoms with Crippen molar-refractivity contribution in [3.63, 3.8) is 0 Å². The molecule has 0 saturated carbocycles. The van der Waals surface area contributed by atoms with Crippen molar-refractivity contribution in [3.05, 3.63) is 42.4 Å². The van der Waals surface area contributed by atoms with Crippen LogP contribution in [0.15, 0.2) is 36.7 Å². The number of carbonyl (C=O) groups excluding carboxylic acids is 3. The Bertz CT molecular complexity index is 1340. The molecule has 0 radical (unpaired) electrons. The predicted octanol–water partition coefficient (Wildman–Crippen LogP) is 2.95. The van der Waals surface area contributed by atoms with E-state index in [1.54, 1.807) is 31.2 Å². The minimum Gasteiger partial charge on any atom is -0.488 e. The smallest absolute Gasteiger partial charge is 0.361 e. The highest BCUT2D eigenvalue weighted by molar-refractivity contribution is 5.99. The van der Waals surface area contributed by atoms with Gasteiger partial charge < -0.3 is 29.7 Å². The van der Waals surface area contributed by atoms with Crippen LogP contribution in [-0.2, 0) is 14.3 Å². The van der Waals surface area contributed by atoms with Gasteiger partial charge in [0.1, 0.15) is 0 Å². The molecule has 4 rings (SSSR count). The summed E-state index contributed by atoms with van der Waals surface area (Å²) in [5.41, 5.74) is 1.54. The molecule has 40 heavy (non-hydrogen) atoms. The molecule has 3 heterocycles. The number of morpholine rings is 1. The second-order valence-corrected chi connectivity index (χ2v) is 8.43. The van der Waals surface area contributed by atoms with E-state index in [1.165, 1.54) is 19.3 Å². The first-order valence-electron chi connectivity index (χ1n) is 12.7. The number of carbonyl (C=O) groups is 3. The van der Waals surface area contributed by atoms with Gasteiger partial charge in [0.2, 0.25) is 11.9 Å². The van der Waals surface area contributed by atoms with Crippen molar-refractivity contribution in [3.8, 4) is 17.1 Å². The number of benzene rings is 1. The van der Waals surface area contributed by atoms with E-state index in [2.05, 4.69) is 35.9 Å². The summed E-state index contributed by atoms with van der Waals surface area (Å²) in [6, 6.07) is 6.05. The zero-order valence-corrected chi connectivity index (χ0v) is 22.4. The van der Waals surface area contributed by atoms with Crippen molar-refractivity contribution in [1.29, 1.82) is 0 Å². The number of anilines is 4. The standard InChI is InChI=1S/C26H30N8O6/c1-4-39-21-20(24(36)40-5-2)31-22(32-23(21)34-10-12-38-13-11-34)17-14-27-25(28-15-17)33-26(37)30-19-8-6-18(7-9-19)29-16(3)35/h6-9,14-15H,4-5,10-13H2,1-3H3,(H,29,35)(H2,27,28,30,33,37). The van der Waals surface area contributed by atoms with E-state index >= 15 is 0 Å². The van der Waals surface area contributed by atoms with Crippen LogP contribution < -0.4 is 25.6 Å². The van der Waals surface area contributed by atoms with E-state index in [-0.39, 0.29) is 35.7 Å². The summed E-state index contributed by atoms with van der Waals surface area (Å²) in [6.45, 7) is 7.53. The zero-order valence-electron chi connectivity index (χ0n) is 22.4. The third-order valence-corrected chi connectivity index (χ3v) is 5.51. The minimum atomic E-state index is -0.634. The Morgan fingerprint density at radius 1 is 0.925 bits per heavy atom. The third kappa shape index (κ3) is 7.17. The number of ether oxygens (including phenoxy) is 3. The quantitative estimate of drug-likeness (QED) is 0.335. The maximum atomic E-state index is 12.8. The van der Waals surface area contributed by atoms with Gasteiger partial charge in [0, 0.05) is 43.8 Å². The molecule has 1 aromatic carbocycles. The first-order chi connectivity index (χ1) is 19.4. The lowest BCUT2D eigenvalue weighted by atomic mass is 10.2. The van der Waals surface area contributed by atoms with Crippen LogP contribution in [0.1, 0.15) is 31.3 Å². The maximum Gasteiger partial charge on any atom is 0.361 e. The molecule has 1 aliphatic heterocycles. The van der Waals surface area contributed by atoms with Crippen LogP contribution in [0, 0.1) is 0 Å². The summed E-state index contributed by atoms with van der Waals surface area (Å²) in [6.07, 6.45) is 2.89. The molecule has 0 atom stereocenters. The molecule has 3 amide bonds. The van der Waals surface area contributed by atoms with Gasteiger partial charge in [0.25, 0.3) is 0 Å². The van der Waals surface area contributed by atoms with Crippen LogP contribution in [0.5, 0.6) is 5.75 Å². The Kier molecular flexibility index (Phi) is 9.35. The molecule has 0 aliphatic carbocycles. The molecule has 0 unspecified atom stereocenters. The van der Waals surface area contributed by atoms with Gasteiger partial charge in [0.05, 0.1) is 32.0 Å². The highest BCUT2D eigenvalue weighted by Gasteiger charge is 2.27. The summed E-state index contributed by atoms with van der Waals surface area (Å²) in [7, 11) is 0. The molecular weight excluding hydrogens is 520 g/mol. The van der Waals surface area contributed by atoms with Crippen molar-refractivity contribution in [1.82, 2.24) is 19.9 Å². The average molecular weight is 551 g/mol. The lowest BCUT2D eigenvalue weighted by Crippen LogP contribution is -2.37. The zero-order chi connectivity index (χ0) is 28.5. The number of hydrogen-bond donors (Lipinski definition) is 3. The second-order valence-electron chi connectivity index (χ2n) is 8.43. The number of nitrogens with one attached hydrogen (secondary N) is 3. The van der Waals surface area contributed by atoms with Crippen LogP contribution in [0.4, 0.5) is 27.9 Å². The van der Waals surface area contributed by atoms with Gasteiger partial charge in [0.15, 0.2) is 23.1 Å². The van der Waals surface area contributed by atoms with E-state index in [1.807, 2.05) is 11.8 Å². The molecular formula is C26H30N8O6. The summed E-state index contributed by atoms with van der Waals surface area (Å²) in [4.78, 5) is 55.9. The van der Waals surface area contributed by atoms with Crippen molar-refractivity contribution in [2.75, 3.05) is 60.4 Å². The lowest BCUT2D eigenvalue weighted by Gasteiger charge is -2.29. The molecule has 3 aromatic rings. The molecule has 1 saturated heterocycles. The number of hydrogen-bond acceptors (Lipinski definition) is 11. The van der Waals surface area contributed by atoms with Crippen molar-refractivity contribution >= 4 is 41.0 Å². The Hall–Kier alpha value is -4.85. The fourth-order valence-electron chi connectivity index (χ4n) is 3.78. The van der Waals surface area contributed by atoms with Gasteiger partial charge in [-0.05, 0) is 38.1 Å². The molecule has 0 spiro atoms. The molecule has 0 bridgehead atoms. The van der Waals surface area contributed by atoms with Crippen molar-refractivity contribution < 1.29 is 28.6 Å². The van der Waals surface area contributed by atoms with Crippen LogP contribution >= 0.6 is 0 Å². The number of nitrogens with zero attached hydrogens (tertiary/aromatic N) is 5. The monoisotopic (exact) mass is 550 g/mol. The normalized spacial score (nSPS) is 12.8.